The standard InChI is InChI=1S/C19H18F3N3O4S/c1-11(2)16(24-17-14-5-3-4-6-15(14)30(27,28)25-17)18(26)23-12-7-9-13(10-8-12)29-19(20,21)22/h3-11,16H,1-2H3,(H,23,26)(H,24,25). The maximum Gasteiger partial charge on any atom is 0.573 e. The minimum Gasteiger partial charge on any atom is -0.406 e. The summed E-state index contributed by atoms with van der Waals surface area (Å²) < 4.78 is 67.3. The number of sulfonamides is 1. The Kier molecular flexibility index (Phi) is 5.75. The number of amides is 1. The molecule has 2 aromatic rings. The van der Waals surface area contributed by atoms with Gasteiger partial charge in [-0.15, -0.1) is 13.2 Å². The molecule has 160 valence electrons. The molecule has 1 amide bonds. The SMILES string of the molecule is CC(C)C(N=C1NS(=O)(=O)c2ccccc21)C(=O)Nc1ccc(OC(F)(F)F)cc1. The first-order valence-electron chi connectivity index (χ1n) is 8.83. The molecule has 0 saturated heterocycles. The van der Waals surface area contributed by atoms with Crippen LogP contribution in [-0.4, -0.2) is 32.6 Å². The van der Waals surface area contributed by atoms with E-state index in [0.29, 0.717) is 5.56 Å². The molecular formula is C19H18F3N3O4S. The highest BCUT2D eigenvalue weighted by Gasteiger charge is 2.33. The molecule has 0 aliphatic carbocycles. The Morgan fingerprint density at radius 3 is 2.33 bits per heavy atom. The van der Waals surface area contributed by atoms with Gasteiger partial charge in [0.05, 0.1) is 4.90 Å². The molecule has 0 fully saturated rings. The number of nitrogens with zero attached hydrogens (tertiary/aromatic N) is 1. The van der Waals surface area contributed by atoms with E-state index in [4.69, 9.17) is 0 Å². The van der Waals surface area contributed by atoms with Crippen LogP contribution in [0.3, 0.4) is 0 Å². The fourth-order valence-corrected chi connectivity index (χ4v) is 4.07. The third-order valence-corrected chi connectivity index (χ3v) is 5.58. The summed E-state index contributed by atoms with van der Waals surface area (Å²) in [6, 6.07) is 9.98. The largest absolute Gasteiger partial charge is 0.573 e. The van der Waals surface area contributed by atoms with Gasteiger partial charge in [0.2, 0.25) is 5.91 Å². The second kappa shape index (κ2) is 7.98. The lowest BCUT2D eigenvalue weighted by Gasteiger charge is -2.17. The number of rotatable bonds is 5. The molecule has 0 saturated carbocycles. The van der Waals surface area contributed by atoms with Gasteiger partial charge in [-0.2, -0.15) is 0 Å². The molecule has 1 heterocycles. The topological polar surface area (TPSA) is 96.9 Å². The van der Waals surface area contributed by atoms with Gasteiger partial charge in [0, 0.05) is 11.3 Å². The number of hydrogen-bond acceptors (Lipinski definition) is 5. The van der Waals surface area contributed by atoms with E-state index in [1.807, 2.05) is 0 Å². The van der Waals surface area contributed by atoms with Crippen LogP contribution >= 0.6 is 0 Å². The molecule has 7 nitrogen and oxygen atoms in total. The minimum atomic E-state index is -4.81. The Bertz CT molecular complexity index is 1080. The number of anilines is 1. The quantitative estimate of drug-likeness (QED) is 0.744. The van der Waals surface area contributed by atoms with Crippen molar-refractivity contribution in [3.63, 3.8) is 0 Å². The summed E-state index contributed by atoms with van der Waals surface area (Å²) >= 11 is 0. The lowest BCUT2D eigenvalue weighted by Crippen LogP contribution is -2.34. The molecule has 1 aliphatic rings. The van der Waals surface area contributed by atoms with Crippen LogP contribution < -0.4 is 14.8 Å². The van der Waals surface area contributed by atoms with Gasteiger partial charge in [-0.3, -0.25) is 14.5 Å². The number of nitrogens with one attached hydrogen (secondary N) is 2. The fourth-order valence-electron chi connectivity index (χ4n) is 2.84. The van der Waals surface area contributed by atoms with Crippen LogP contribution in [0.15, 0.2) is 58.4 Å². The average Bonchev–Trinajstić information content (AvgIpc) is 2.90. The lowest BCUT2D eigenvalue weighted by molar-refractivity contribution is -0.274. The zero-order chi connectivity index (χ0) is 22.1. The van der Waals surface area contributed by atoms with Crippen LogP contribution in [0.25, 0.3) is 0 Å². The van der Waals surface area contributed by atoms with Gasteiger partial charge in [-0.05, 0) is 42.3 Å². The number of carbonyl (C=O) groups excluding carboxylic acids is 1. The van der Waals surface area contributed by atoms with Crippen molar-refractivity contribution in [2.24, 2.45) is 10.9 Å². The van der Waals surface area contributed by atoms with Crippen LogP contribution in [0, 0.1) is 5.92 Å². The molecule has 0 bridgehead atoms. The second-order valence-electron chi connectivity index (χ2n) is 6.83. The number of benzene rings is 2. The number of hydrogen-bond donors (Lipinski definition) is 2. The molecule has 2 N–H and O–H groups in total. The Morgan fingerprint density at radius 2 is 1.73 bits per heavy atom. The molecule has 0 spiro atoms. The van der Waals surface area contributed by atoms with Crippen molar-refractivity contribution < 1.29 is 31.1 Å². The number of alkyl halides is 3. The van der Waals surface area contributed by atoms with Gasteiger partial charge >= 0.3 is 6.36 Å². The van der Waals surface area contributed by atoms with Crippen LogP contribution in [0.1, 0.15) is 19.4 Å². The molecule has 0 radical (unpaired) electrons. The van der Waals surface area contributed by atoms with E-state index in [1.54, 1.807) is 32.0 Å². The van der Waals surface area contributed by atoms with Gasteiger partial charge in [-0.1, -0.05) is 26.0 Å². The maximum atomic E-state index is 12.7. The Hall–Kier alpha value is -3.08. The third-order valence-electron chi connectivity index (χ3n) is 4.19. The monoisotopic (exact) mass is 441 g/mol. The molecule has 11 heteroatoms. The first kappa shape index (κ1) is 21.6. The van der Waals surface area contributed by atoms with E-state index >= 15 is 0 Å². The summed E-state index contributed by atoms with van der Waals surface area (Å²) in [5.41, 5.74) is 0.609. The van der Waals surface area contributed by atoms with Gasteiger partial charge < -0.3 is 10.1 Å². The summed E-state index contributed by atoms with van der Waals surface area (Å²) in [5, 5.41) is 2.57. The van der Waals surface area contributed by atoms with Crippen molar-refractivity contribution in [2.75, 3.05) is 5.32 Å². The van der Waals surface area contributed by atoms with Gasteiger partial charge in [-0.25, -0.2) is 8.42 Å². The Labute approximate surface area is 171 Å². The number of halogens is 3. The summed E-state index contributed by atoms with van der Waals surface area (Å²) in [4.78, 5) is 17.1. The molecule has 0 aromatic heterocycles. The van der Waals surface area contributed by atoms with Gasteiger partial charge in [0.15, 0.2) is 0 Å². The molecule has 2 aromatic carbocycles. The average molecular weight is 441 g/mol. The number of amidine groups is 1. The third kappa shape index (κ3) is 4.90. The number of fused-ring (bicyclic) bond motifs is 1. The van der Waals surface area contributed by atoms with E-state index in [2.05, 4.69) is 19.8 Å². The van der Waals surface area contributed by atoms with E-state index in [0.717, 1.165) is 12.1 Å². The maximum absolute atomic E-state index is 12.7. The van der Waals surface area contributed by atoms with Crippen LogP contribution in [0.2, 0.25) is 0 Å². The lowest BCUT2D eigenvalue weighted by atomic mass is 10.0. The van der Waals surface area contributed by atoms with Crippen LogP contribution in [0.5, 0.6) is 5.75 Å². The fraction of sp³-hybridized carbons (Fsp3) is 0.263. The van der Waals surface area contributed by atoms with E-state index in [9.17, 15) is 26.4 Å². The summed E-state index contributed by atoms with van der Waals surface area (Å²) in [6.07, 6.45) is -4.81. The number of ether oxygens (including phenoxy) is 1. The number of carbonyl (C=O) groups is 1. The summed E-state index contributed by atoms with van der Waals surface area (Å²) in [6.45, 7) is 3.48. The molecule has 1 aliphatic heterocycles. The number of aliphatic imine (C=N–C) groups is 1. The first-order chi connectivity index (χ1) is 14.0. The highest BCUT2D eigenvalue weighted by atomic mass is 32.2. The zero-order valence-corrected chi connectivity index (χ0v) is 16.7. The summed E-state index contributed by atoms with van der Waals surface area (Å²) in [5.74, 6) is -1.18. The summed E-state index contributed by atoms with van der Waals surface area (Å²) in [7, 11) is -3.75. The van der Waals surface area contributed by atoms with Crippen molar-refractivity contribution in [3.05, 3.63) is 54.1 Å². The van der Waals surface area contributed by atoms with Crippen LogP contribution in [-0.2, 0) is 14.8 Å². The van der Waals surface area contributed by atoms with Gasteiger partial charge in [0.25, 0.3) is 10.0 Å². The Morgan fingerprint density at radius 1 is 1.10 bits per heavy atom. The minimum absolute atomic E-state index is 0.0633. The molecule has 30 heavy (non-hydrogen) atoms. The highest BCUT2D eigenvalue weighted by molar-refractivity contribution is 7.90. The van der Waals surface area contributed by atoms with Gasteiger partial charge in [0.1, 0.15) is 17.6 Å². The van der Waals surface area contributed by atoms with E-state index in [-0.39, 0.29) is 22.3 Å². The predicted molar refractivity (Wildman–Crippen MR) is 104 cm³/mol. The molecule has 1 atom stereocenters. The van der Waals surface area contributed by atoms with Crippen molar-refractivity contribution in [3.8, 4) is 5.75 Å². The van der Waals surface area contributed by atoms with Crippen molar-refractivity contribution in [1.82, 2.24) is 4.72 Å². The predicted octanol–water partition coefficient (Wildman–Crippen LogP) is 3.29. The highest BCUT2D eigenvalue weighted by Crippen LogP contribution is 2.25. The zero-order valence-electron chi connectivity index (χ0n) is 15.9. The van der Waals surface area contributed by atoms with Crippen molar-refractivity contribution in [1.29, 1.82) is 0 Å². The molecule has 3 rings (SSSR count). The molecule has 1 unspecified atom stereocenters. The normalized spacial score (nSPS) is 17.3. The van der Waals surface area contributed by atoms with E-state index in [1.165, 1.54) is 18.2 Å². The van der Waals surface area contributed by atoms with Crippen LogP contribution in [0.4, 0.5) is 18.9 Å². The second-order valence-corrected chi connectivity index (χ2v) is 8.48. The first-order valence-corrected chi connectivity index (χ1v) is 10.3. The molecular weight excluding hydrogens is 423 g/mol. The Balaban J connectivity index is 1.81. The smallest absolute Gasteiger partial charge is 0.406 e. The van der Waals surface area contributed by atoms with Crippen molar-refractivity contribution in [2.45, 2.75) is 31.1 Å². The van der Waals surface area contributed by atoms with E-state index < -0.39 is 34.1 Å². The van der Waals surface area contributed by atoms with Crippen molar-refractivity contribution >= 4 is 27.5 Å².